The Labute approximate surface area is 187 Å². The van der Waals surface area contributed by atoms with E-state index in [9.17, 15) is 13.2 Å². The molecule has 32 heavy (non-hydrogen) atoms. The molecular weight excluding hydrogens is 423 g/mol. The molecule has 3 aliphatic rings. The Kier molecular flexibility index (Phi) is 5.35. The third kappa shape index (κ3) is 4.72. The number of anilines is 1. The maximum Gasteiger partial charge on any atom is 0.417 e. The molecule has 1 aliphatic carbocycles. The summed E-state index contributed by atoms with van der Waals surface area (Å²) in [4.78, 5) is 5.67. The molecule has 7 nitrogen and oxygen atoms in total. The van der Waals surface area contributed by atoms with Crippen molar-refractivity contribution in [1.82, 2.24) is 20.1 Å². The summed E-state index contributed by atoms with van der Waals surface area (Å²) >= 11 is 0. The largest absolute Gasteiger partial charge is 0.417 e. The predicted molar refractivity (Wildman–Crippen MR) is 111 cm³/mol. The van der Waals surface area contributed by atoms with Crippen molar-refractivity contribution in [3.05, 3.63) is 36.2 Å². The number of hydrogen-bond donors (Lipinski definition) is 1. The van der Waals surface area contributed by atoms with Gasteiger partial charge in [-0.3, -0.25) is 4.98 Å². The van der Waals surface area contributed by atoms with E-state index in [1.807, 2.05) is 4.90 Å². The van der Waals surface area contributed by atoms with Gasteiger partial charge in [-0.15, -0.1) is 10.2 Å². The van der Waals surface area contributed by atoms with Crippen LogP contribution in [-0.4, -0.2) is 71.6 Å². The van der Waals surface area contributed by atoms with Crippen molar-refractivity contribution in [3.8, 4) is 11.3 Å². The Hall–Kier alpha value is -2.30. The van der Waals surface area contributed by atoms with Crippen LogP contribution in [-0.2, 0) is 15.7 Å². The molecule has 4 heterocycles. The molecule has 1 saturated carbocycles. The van der Waals surface area contributed by atoms with Gasteiger partial charge in [0.25, 0.3) is 0 Å². The Morgan fingerprint density at radius 2 is 1.94 bits per heavy atom. The Morgan fingerprint density at radius 1 is 1.12 bits per heavy atom. The standard InChI is InChI=1S/C22H26F3N5O2/c23-22(24,25)19-3-4-26-9-18(19)20-1-2-21(29-28-20)27-16-7-14-10-30(11-15(14)8-16)12-17-13-31-5-6-32-17/h1-4,9,14-17H,5-8,10-13H2,(H,27,29)/t14?,15?,16?,17-/m1/s1/i12D2. The first kappa shape index (κ1) is 19.2. The monoisotopic (exact) mass is 451 g/mol. The van der Waals surface area contributed by atoms with Gasteiger partial charge in [-0.1, -0.05) is 0 Å². The third-order valence-electron chi connectivity index (χ3n) is 6.31. The summed E-state index contributed by atoms with van der Waals surface area (Å²) in [6, 6.07) is 4.23. The van der Waals surface area contributed by atoms with Gasteiger partial charge in [0.05, 0.1) is 37.2 Å². The number of likely N-dealkylation sites (tertiary alicyclic amines) is 1. The summed E-state index contributed by atoms with van der Waals surface area (Å²) in [5, 5.41) is 11.4. The highest BCUT2D eigenvalue weighted by Gasteiger charge is 2.41. The lowest BCUT2D eigenvalue weighted by atomic mass is 10.0. The van der Waals surface area contributed by atoms with E-state index in [0.717, 1.165) is 31.3 Å². The molecule has 0 aromatic carbocycles. The van der Waals surface area contributed by atoms with Gasteiger partial charge in [-0.2, -0.15) is 13.2 Å². The van der Waals surface area contributed by atoms with Crippen LogP contribution >= 0.6 is 0 Å². The number of pyridine rings is 1. The summed E-state index contributed by atoms with van der Waals surface area (Å²) in [6.07, 6.45) is -1.10. The minimum Gasteiger partial charge on any atom is -0.376 e. The van der Waals surface area contributed by atoms with E-state index in [2.05, 4.69) is 20.5 Å². The van der Waals surface area contributed by atoms with Crippen molar-refractivity contribution >= 4 is 5.82 Å². The summed E-state index contributed by atoms with van der Waals surface area (Å²) in [5.74, 6) is 1.22. The molecule has 3 fully saturated rings. The molecule has 172 valence electrons. The van der Waals surface area contributed by atoms with Gasteiger partial charge in [0.2, 0.25) is 0 Å². The highest BCUT2D eigenvalue weighted by Crippen LogP contribution is 2.39. The average Bonchev–Trinajstić information content (AvgIpc) is 3.39. The molecule has 1 N–H and O–H groups in total. The third-order valence-corrected chi connectivity index (χ3v) is 6.31. The van der Waals surface area contributed by atoms with Crippen LogP contribution in [0, 0.1) is 11.8 Å². The van der Waals surface area contributed by atoms with Gasteiger partial charge in [-0.25, -0.2) is 0 Å². The fourth-order valence-electron chi connectivity index (χ4n) is 4.90. The maximum atomic E-state index is 13.3. The minimum absolute atomic E-state index is 0.105. The second-order valence-electron chi connectivity index (χ2n) is 8.52. The van der Waals surface area contributed by atoms with Crippen LogP contribution in [0.25, 0.3) is 11.3 Å². The normalized spacial score (nSPS) is 30.0. The van der Waals surface area contributed by atoms with E-state index in [1.54, 1.807) is 6.07 Å². The first-order valence-corrected chi connectivity index (χ1v) is 10.8. The van der Waals surface area contributed by atoms with Crippen LogP contribution in [0.5, 0.6) is 0 Å². The average molecular weight is 451 g/mol. The number of hydrogen-bond acceptors (Lipinski definition) is 7. The lowest BCUT2D eigenvalue weighted by Crippen LogP contribution is -2.39. The van der Waals surface area contributed by atoms with Gasteiger partial charge in [0.1, 0.15) is 5.82 Å². The van der Waals surface area contributed by atoms with Crippen LogP contribution in [0.2, 0.25) is 0 Å². The lowest BCUT2D eigenvalue weighted by Gasteiger charge is -2.28. The Bertz CT molecular complexity index is 991. The number of rotatable bonds is 5. The molecule has 0 amide bonds. The van der Waals surface area contributed by atoms with E-state index in [0.29, 0.717) is 44.0 Å². The highest BCUT2D eigenvalue weighted by molar-refractivity contribution is 5.63. The van der Waals surface area contributed by atoms with Crippen molar-refractivity contribution in [2.75, 3.05) is 44.7 Å². The zero-order valence-corrected chi connectivity index (χ0v) is 17.4. The van der Waals surface area contributed by atoms with Crippen molar-refractivity contribution < 1.29 is 25.4 Å². The Morgan fingerprint density at radius 3 is 2.59 bits per heavy atom. The van der Waals surface area contributed by atoms with Crippen molar-refractivity contribution in [1.29, 1.82) is 0 Å². The van der Waals surface area contributed by atoms with Gasteiger partial charge in [0.15, 0.2) is 0 Å². The number of aromatic nitrogens is 3. The molecule has 2 saturated heterocycles. The molecule has 0 bridgehead atoms. The molecular formula is C22H26F3N5O2. The number of ether oxygens (including phenoxy) is 2. The molecule has 0 radical (unpaired) electrons. The summed E-state index contributed by atoms with van der Waals surface area (Å²) < 4.78 is 67.9. The summed E-state index contributed by atoms with van der Waals surface area (Å²) in [5.41, 5.74) is -0.789. The number of alkyl halides is 3. The van der Waals surface area contributed by atoms with Gasteiger partial charge in [0, 0.05) is 46.3 Å². The summed E-state index contributed by atoms with van der Waals surface area (Å²) in [7, 11) is 0. The SMILES string of the molecule is [2H]C([2H])([C@@H]1COCCO1)N1CC2CC(Nc3ccc(-c4cnccc4C(F)(F)F)nn3)CC2C1. The van der Waals surface area contributed by atoms with Gasteiger partial charge >= 0.3 is 6.18 Å². The van der Waals surface area contributed by atoms with Crippen LogP contribution in [0.4, 0.5) is 19.0 Å². The van der Waals surface area contributed by atoms with E-state index in [1.165, 1.54) is 6.07 Å². The number of halogens is 3. The highest BCUT2D eigenvalue weighted by atomic mass is 19.4. The lowest BCUT2D eigenvalue weighted by molar-refractivity contribution is -0.137. The van der Waals surface area contributed by atoms with Crippen LogP contribution in [0.1, 0.15) is 21.1 Å². The predicted octanol–water partition coefficient (Wildman–Crippen LogP) is 3.10. The van der Waals surface area contributed by atoms with E-state index < -0.39 is 24.3 Å². The van der Waals surface area contributed by atoms with E-state index >= 15 is 0 Å². The molecule has 3 atom stereocenters. The molecule has 2 aromatic heterocycles. The van der Waals surface area contributed by atoms with Crippen molar-refractivity contribution in [2.24, 2.45) is 11.8 Å². The smallest absolute Gasteiger partial charge is 0.376 e. The fourth-order valence-corrected chi connectivity index (χ4v) is 4.90. The quantitative estimate of drug-likeness (QED) is 0.749. The van der Waals surface area contributed by atoms with Crippen LogP contribution in [0.3, 0.4) is 0 Å². The fraction of sp³-hybridized carbons (Fsp3) is 0.591. The first-order chi connectivity index (χ1) is 16.2. The Balaban J connectivity index is 1.19. The van der Waals surface area contributed by atoms with Crippen molar-refractivity contribution in [2.45, 2.75) is 31.2 Å². The van der Waals surface area contributed by atoms with E-state index in [-0.39, 0.29) is 23.9 Å². The molecule has 0 spiro atoms. The number of fused-ring (bicyclic) bond motifs is 1. The minimum atomic E-state index is -4.50. The first-order valence-electron chi connectivity index (χ1n) is 11.8. The van der Waals surface area contributed by atoms with Gasteiger partial charge in [-0.05, 0) is 42.9 Å². The van der Waals surface area contributed by atoms with E-state index in [4.69, 9.17) is 12.2 Å². The maximum absolute atomic E-state index is 13.3. The summed E-state index contributed by atoms with van der Waals surface area (Å²) in [6.45, 7) is 0.913. The van der Waals surface area contributed by atoms with Gasteiger partial charge < -0.3 is 19.7 Å². The number of nitrogens with zero attached hydrogens (tertiary/aromatic N) is 4. The molecule has 10 heteroatoms. The number of nitrogens with one attached hydrogen (secondary N) is 1. The second-order valence-corrected chi connectivity index (χ2v) is 8.52. The van der Waals surface area contributed by atoms with Crippen LogP contribution in [0.15, 0.2) is 30.6 Å². The molecule has 2 unspecified atom stereocenters. The zero-order valence-electron chi connectivity index (χ0n) is 19.4. The topological polar surface area (TPSA) is 72.4 Å². The molecule has 2 aromatic rings. The second kappa shape index (κ2) is 8.92. The van der Waals surface area contributed by atoms with Crippen LogP contribution < -0.4 is 5.32 Å². The molecule has 2 aliphatic heterocycles. The molecule has 5 rings (SSSR count). The zero-order chi connectivity index (χ0) is 23.9. The van der Waals surface area contributed by atoms with Crippen molar-refractivity contribution in [3.63, 3.8) is 0 Å².